The topological polar surface area (TPSA) is 125 Å². The Bertz CT molecular complexity index is 1220. The molecule has 1 aliphatic rings. The molecule has 1 saturated carbocycles. The highest BCUT2D eigenvalue weighted by molar-refractivity contribution is 7.92. The van der Waals surface area contributed by atoms with Crippen molar-refractivity contribution >= 4 is 26.9 Å². The zero-order valence-electron chi connectivity index (χ0n) is 18.2. The second kappa shape index (κ2) is 8.99. The van der Waals surface area contributed by atoms with E-state index in [1.165, 1.54) is 0 Å². The fourth-order valence-electron chi connectivity index (χ4n) is 4.04. The van der Waals surface area contributed by atoms with E-state index < -0.39 is 15.1 Å². The SMILES string of the molecule is CC(C)S(=O)(=O)c1ccc(-c2cnc3[nH]cc(C(=O)NC[C@H]4CCCC[C@@H]4O)c3n2)cc1. The molecule has 8 nitrogen and oxygen atoms in total. The molecule has 0 bridgehead atoms. The monoisotopic (exact) mass is 456 g/mol. The molecule has 0 radical (unpaired) electrons. The first-order chi connectivity index (χ1) is 15.3. The van der Waals surface area contributed by atoms with E-state index in [0.29, 0.717) is 34.5 Å². The third-order valence-corrected chi connectivity index (χ3v) is 8.29. The summed E-state index contributed by atoms with van der Waals surface area (Å²) in [6, 6.07) is 6.53. The standard InChI is InChI=1S/C23H28N4O4S/c1-14(2)32(30,31)17-9-7-15(8-10-17)19-13-25-22-21(27-19)18(12-24-22)23(29)26-11-16-5-3-4-6-20(16)28/h7-10,12-14,16,20,28H,3-6,11H2,1-2H3,(H,24,25)(H,26,29)/t16-,20+/m1/s1. The van der Waals surface area contributed by atoms with Gasteiger partial charge >= 0.3 is 0 Å². The van der Waals surface area contributed by atoms with Gasteiger partial charge in [-0.2, -0.15) is 0 Å². The summed E-state index contributed by atoms with van der Waals surface area (Å²) in [5.41, 5.74) is 2.58. The number of sulfone groups is 1. The molecule has 1 aromatic carbocycles. The Morgan fingerprint density at radius 1 is 1.22 bits per heavy atom. The van der Waals surface area contributed by atoms with Crippen molar-refractivity contribution in [3.8, 4) is 11.3 Å². The summed E-state index contributed by atoms with van der Waals surface area (Å²) >= 11 is 0. The zero-order chi connectivity index (χ0) is 22.9. The third-order valence-electron chi connectivity index (χ3n) is 6.12. The van der Waals surface area contributed by atoms with Gasteiger partial charge in [0, 0.05) is 24.2 Å². The maximum atomic E-state index is 12.8. The van der Waals surface area contributed by atoms with Gasteiger partial charge in [0.1, 0.15) is 5.52 Å². The van der Waals surface area contributed by atoms with Crippen LogP contribution in [0.3, 0.4) is 0 Å². The number of hydrogen-bond acceptors (Lipinski definition) is 6. The van der Waals surface area contributed by atoms with Crippen LogP contribution in [0.15, 0.2) is 41.6 Å². The van der Waals surface area contributed by atoms with Crippen LogP contribution in [-0.2, 0) is 9.84 Å². The molecule has 3 N–H and O–H groups in total. The Hall–Kier alpha value is -2.78. The van der Waals surface area contributed by atoms with Crippen molar-refractivity contribution < 1.29 is 18.3 Å². The first kappa shape index (κ1) is 22.4. The molecule has 2 aromatic heterocycles. The number of rotatable bonds is 6. The van der Waals surface area contributed by atoms with Gasteiger partial charge in [0.15, 0.2) is 15.5 Å². The minimum Gasteiger partial charge on any atom is -0.393 e. The minimum absolute atomic E-state index is 0.0696. The average Bonchev–Trinajstić information content (AvgIpc) is 3.21. The number of nitrogens with one attached hydrogen (secondary N) is 2. The molecule has 32 heavy (non-hydrogen) atoms. The number of aromatic amines is 1. The number of carbonyl (C=O) groups excluding carboxylic acids is 1. The molecule has 2 atom stereocenters. The minimum atomic E-state index is -3.35. The van der Waals surface area contributed by atoms with E-state index in [0.717, 1.165) is 25.7 Å². The lowest BCUT2D eigenvalue weighted by atomic mass is 9.86. The highest BCUT2D eigenvalue weighted by Gasteiger charge is 2.24. The molecule has 170 valence electrons. The highest BCUT2D eigenvalue weighted by Crippen LogP contribution is 2.25. The maximum Gasteiger partial charge on any atom is 0.255 e. The Morgan fingerprint density at radius 2 is 1.94 bits per heavy atom. The Kier molecular flexibility index (Phi) is 6.30. The number of hydrogen-bond donors (Lipinski definition) is 3. The Labute approximate surface area is 187 Å². The first-order valence-corrected chi connectivity index (χ1v) is 12.5. The van der Waals surface area contributed by atoms with Crippen LogP contribution in [0, 0.1) is 5.92 Å². The number of amides is 1. The molecule has 9 heteroatoms. The van der Waals surface area contributed by atoms with Crippen molar-refractivity contribution in [2.45, 2.75) is 55.8 Å². The normalized spacial score (nSPS) is 19.4. The van der Waals surface area contributed by atoms with Crippen molar-refractivity contribution in [3.63, 3.8) is 0 Å². The first-order valence-electron chi connectivity index (χ1n) is 10.9. The highest BCUT2D eigenvalue weighted by atomic mass is 32.2. The van der Waals surface area contributed by atoms with Crippen molar-refractivity contribution in [2.24, 2.45) is 5.92 Å². The summed E-state index contributed by atoms with van der Waals surface area (Å²) in [4.78, 5) is 25.0. The van der Waals surface area contributed by atoms with Crippen molar-refractivity contribution in [1.82, 2.24) is 20.3 Å². The Balaban J connectivity index is 1.55. The summed E-state index contributed by atoms with van der Waals surface area (Å²) in [6.07, 6.45) is 6.57. The summed E-state index contributed by atoms with van der Waals surface area (Å²) in [5.74, 6) is -0.195. The van der Waals surface area contributed by atoms with Gasteiger partial charge in [-0.1, -0.05) is 25.0 Å². The smallest absolute Gasteiger partial charge is 0.255 e. The van der Waals surface area contributed by atoms with Crippen LogP contribution in [0.25, 0.3) is 22.4 Å². The average molecular weight is 457 g/mol. The van der Waals surface area contributed by atoms with Gasteiger partial charge in [0.2, 0.25) is 0 Å². The number of aromatic nitrogens is 3. The number of H-pyrrole nitrogens is 1. The Morgan fingerprint density at radius 3 is 2.62 bits per heavy atom. The van der Waals surface area contributed by atoms with Gasteiger partial charge < -0.3 is 15.4 Å². The predicted molar refractivity (Wildman–Crippen MR) is 122 cm³/mol. The number of carbonyl (C=O) groups is 1. The molecular weight excluding hydrogens is 428 g/mol. The van der Waals surface area contributed by atoms with Crippen LogP contribution in [0.5, 0.6) is 0 Å². The van der Waals surface area contributed by atoms with Crippen LogP contribution in [-0.4, -0.2) is 52.3 Å². The van der Waals surface area contributed by atoms with Crippen molar-refractivity contribution in [1.29, 1.82) is 0 Å². The van der Waals surface area contributed by atoms with E-state index in [4.69, 9.17) is 0 Å². The fraction of sp³-hybridized carbons (Fsp3) is 0.435. The van der Waals surface area contributed by atoms with E-state index in [1.807, 2.05) is 0 Å². The van der Waals surface area contributed by atoms with Gasteiger partial charge in [-0.25, -0.2) is 18.4 Å². The van der Waals surface area contributed by atoms with Crippen molar-refractivity contribution in [3.05, 3.63) is 42.2 Å². The van der Waals surface area contributed by atoms with Gasteiger partial charge in [0.05, 0.1) is 33.7 Å². The summed E-state index contributed by atoms with van der Waals surface area (Å²) in [7, 11) is -3.35. The lowest BCUT2D eigenvalue weighted by molar-refractivity contribution is 0.0663. The molecule has 0 spiro atoms. The molecular formula is C23H28N4O4S. The number of fused-ring (bicyclic) bond motifs is 1. The summed E-state index contributed by atoms with van der Waals surface area (Å²) in [5, 5.41) is 12.5. The van der Waals surface area contributed by atoms with Gasteiger partial charge in [-0.3, -0.25) is 4.79 Å². The van der Waals surface area contributed by atoms with Crippen LogP contribution < -0.4 is 5.32 Å². The second-order valence-electron chi connectivity index (χ2n) is 8.59. The van der Waals surface area contributed by atoms with Gasteiger partial charge in [-0.05, 0) is 38.8 Å². The quantitative estimate of drug-likeness (QED) is 0.523. The van der Waals surface area contributed by atoms with E-state index in [1.54, 1.807) is 50.5 Å². The maximum absolute atomic E-state index is 12.8. The van der Waals surface area contributed by atoms with E-state index in [9.17, 15) is 18.3 Å². The predicted octanol–water partition coefficient (Wildman–Crippen LogP) is 3.09. The molecule has 0 unspecified atom stereocenters. The number of aliphatic hydroxyl groups is 1. The number of aliphatic hydroxyl groups excluding tert-OH is 1. The number of benzene rings is 1. The zero-order valence-corrected chi connectivity index (χ0v) is 19.0. The van der Waals surface area contributed by atoms with Gasteiger partial charge in [0.25, 0.3) is 5.91 Å². The lowest BCUT2D eigenvalue weighted by Gasteiger charge is -2.27. The van der Waals surface area contributed by atoms with Crippen LogP contribution in [0.2, 0.25) is 0 Å². The molecule has 1 fully saturated rings. The van der Waals surface area contributed by atoms with Crippen LogP contribution in [0.1, 0.15) is 49.9 Å². The number of nitrogens with zero attached hydrogens (tertiary/aromatic N) is 2. The summed E-state index contributed by atoms with van der Waals surface area (Å²) in [6.45, 7) is 3.72. The fourth-order valence-corrected chi connectivity index (χ4v) is 5.10. The lowest BCUT2D eigenvalue weighted by Crippen LogP contribution is -2.36. The van der Waals surface area contributed by atoms with Crippen LogP contribution in [0.4, 0.5) is 0 Å². The third kappa shape index (κ3) is 4.40. The molecule has 2 heterocycles. The molecule has 4 rings (SSSR count). The van der Waals surface area contributed by atoms with E-state index >= 15 is 0 Å². The molecule has 0 saturated heterocycles. The second-order valence-corrected chi connectivity index (χ2v) is 11.1. The van der Waals surface area contributed by atoms with Crippen LogP contribution >= 0.6 is 0 Å². The molecule has 3 aromatic rings. The van der Waals surface area contributed by atoms with Crippen molar-refractivity contribution in [2.75, 3.05) is 6.54 Å². The van der Waals surface area contributed by atoms with Gasteiger partial charge in [-0.15, -0.1) is 0 Å². The molecule has 1 aliphatic carbocycles. The molecule has 0 aliphatic heterocycles. The largest absolute Gasteiger partial charge is 0.393 e. The molecule has 1 amide bonds. The van der Waals surface area contributed by atoms with E-state index in [-0.39, 0.29) is 22.8 Å². The van der Waals surface area contributed by atoms with E-state index in [2.05, 4.69) is 20.3 Å². The summed E-state index contributed by atoms with van der Waals surface area (Å²) < 4.78 is 24.7.